The van der Waals surface area contributed by atoms with E-state index in [9.17, 15) is 14.0 Å². The van der Waals surface area contributed by atoms with Crippen molar-refractivity contribution in [1.29, 1.82) is 0 Å². The SMILES string of the molecule is COC(=O)Nc1ccc(NC(=O)CC2CCC2)cc1F. The highest BCUT2D eigenvalue weighted by Gasteiger charge is 2.20. The van der Waals surface area contributed by atoms with E-state index in [1.54, 1.807) is 0 Å². The summed E-state index contributed by atoms with van der Waals surface area (Å²) in [5.41, 5.74) is 0.385. The summed E-state index contributed by atoms with van der Waals surface area (Å²) >= 11 is 0. The van der Waals surface area contributed by atoms with Gasteiger partial charge in [-0.05, 0) is 37.0 Å². The van der Waals surface area contributed by atoms with Gasteiger partial charge in [-0.25, -0.2) is 9.18 Å². The zero-order valence-corrected chi connectivity index (χ0v) is 11.2. The van der Waals surface area contributed by atoms with Gasteiger partial charge in [0.15, 0.2) is 0 Å². The van der Waals surface area contributed by atoms with Crippen molar-refractivity contribution in [2.45, 2.75) is 25.7 Å². The smallest absolute Gasteiger partial charge is 0.411 e. The van der Waals surface area contributed by atoms with Gasteiger partial charge in [0.05, 0.1) is 12.8 Å². The summed E-state index contributed by atoms with van der Waals surface area (Å²) in [5, 5.41) is 4.90. The molecule has 1 saturated carbocycles. The third-order valence-electron chi connectivity index (χ3n) is 3.37. The number of ether oxygens (including phenoxy) is 1. The molecule has 20 heavy (non-hydrogen) atoms. The van der Waals surface area contributed by atoms with E-state index >= 15 is 0 Å². The lowest BCUT2D eigenvalue weighted by atomic mass is 9.83. The average molecular weight is 280 g/mol. The highest BCUT2D eigenvalue weighted by atomic mass is 19.1. The summed E-state index contributed by atoms with van der Waals surface area (Å²) in [6, 6.07) is 4.09. The van der Waals surface area contributed by atoms with Crippen LogP contribution in [0.4, 0.5) is 20.6 Å². The van der Waals surface area contributed by atoms with Crippen LogP contribution in [0.15, 0.2) is 18.2 Å². The van der Waals surface area contributed by atoms with Crippen LogP contribution in [0.2, 0.25) is 0 Å². The Hall–Kier alpha value is -2.11. The van der Waals surface area contributed by atoms with Crippen LogP contribution in [0.5, 0.6) is 0 Å². The van der Waals surface area contributed by atoms with Crippen LogP contribution in [0.1, 0.15) is 25.7 Å². The predicted octanol–water partition coefficient (Wildman–Crippen LogP) is 3.13. The van der Waals surface area contributed by atoms with Crippen molar-refractivity contribution in [2.75, 3.05) is 17.7 Å². The number of carbonyl (C=O) groups is 2. The lowest BCUT2D eigenvalue weighted by Crippen LogP contribution is -2.21. The molecule has 0 unspecified atom stereocenters. The molecular formula is C14H17FN2O3. The van der Waals surface area contributed by atoms with Crippen LogP contribution in [-0.2, 0) is 9.53 Å². The lowest BCUT2D eigenvalue weighted by Gasteiger charge is -2.24. The van der Waals surface area contributed by atoms with Gasteiger partial charge in [0.1, 0.15) is 5.82 Å². The van der Waals surface area contributed by atoms with Crippen LogP contribution in [0.25, 0.3) is 0 Å². The number of nitrogens with one attached hydrogen (secondary N) is 2. The van der Waals surface area contributed by atoms with Crippen LogP contribution < -0.4 is 10.6 Å². The Kier molecular flexibility index (Phi) is 4.55. The van der Waals surface area contributed by atoms with E-state index in [2.05, 4.69) is 15.4 Å². The molecule has 2 amide bonds. The molecule has 1 aliphatic rings. The average Bonchev–Trinajstić information content (AvgIpc) is 2.37. The molecule has 0 saturated heterocycles. The zero-order chi connectivity index (χ0) is 14.5. The molecular weight excluding hydrogens is 263 g/mol. The molecule has 2 rings (SSSR count). The normalized spacial score (nSPS) is 14.3. The van der Waals surface area contributed by atoms with Gasteiger partial charge in [0, 0.05) is 12.1 Å². The van der Waals surface area contributed by atoms with Crippen molar-refractivity contribution in [3.05, 3.63) is 24.0 Å². The number of hydrogen-bond acceptors (Lipinski definition) is 3. The van der Waals surface area contributed by atoms with Gasteiger partial charge in [-0.2, -0.15) is 0 Å². The van der Waals surface area contributed by atoms with E-state index in [4.69, 9.17) is 0 Å². The first-order valence-corrected chi connectivity index (χ1v) is 6.53. The Morgan fingerprint density at radius 1 is 1.35 bits per heavy atom. The molecule has 0 atom stereocenters. The lowest BCUT2D eigenvalue weighted by molar-refractivity contribution is -0.117. The Balaban J connectivity index is 1.93. The maximum Gasteiger partial charge on any atom is 0.411 e. The largest absolute Gasteiger partial charge is 0.453 e. The fraction of sp³-hybridized carbons (Fsp3) is 0.429. The molecule has 108 valence electrons. The first-order chi connectivity index (χ1) is 9.58. The minimum Gasteiger partial charge on any atom is -0.453 e. The maximum absolute atomic E-state index is 13.7. The van der Waals surface area contributed by atoms with Gasteiger partial charge < -0.3 is 10.1 Å². The Bertz CT molecular complexity index is 515. The standard InChI is InChI=1S/C14H17FN2O3/c1-20-14(19)17-12-6-5-10(8-11(12)15)16-13(18)7-9-3-2-4-9/h5-6,8-9H,2-4,7H2,1H3,(H,16,18)(H,17,19). The van der Waals surface area contributed by atoms with E-state index in [0.29, 0.717) is 18.0 Å². The highest BCUT2D eigenvalue weighted by molar-refractivity contribution is 5.91. The minimum absolute atomic E-state index is 0.00819. The number of carbonyl (C=O) groups excluding carboxylic acids is 2. The van der Waals surface area contributed by atoms with E-state index in [0.717, 1.165) is 12.8 Å². The quantitative estimate of drug-likeness (QED) is 0.890. The summed E-state index contributed by atoms with van der Waals surface area (Å²) in [4.78, 5) is 22.7. The summed E-state index contributed by atoms with van der Waals surface area (Å²) < 4.78 is 18.1. The second kappa shape index (κ2) is 6.36. The van der Waals surface area contributed by atoms with Gasteiger partial charge in [-0.15, -0.1) is 0 Å². The molecule has 0 radical (unpaired) electrons. The second-order valence-electron chi connectivity index (χ2n) is 4.86. The third-order valence-corrected chi connectivity index (χ3v) is 3.37. The zero-order valence-electron chi connectivity index (χ0n) is 11.2. The number of hydrogen-bond donors (Lipinski definition) is 2. The maximum atomic E-state index is 13.7. The molecule has 0 bridgehead atoms. The molecule has 1 aliphatic carbocycles. The first kappa shape index (κ1) is 14.3. The van der Waals surface area contributed by atoms with Gasteiger partial charge >= 0.3 is 6.09 Å². The van der Waals surface area contributed by atoms with Gasteiger partial charge in [0.2, 0.25) is 5.91 Å². The second-order valence-corrected chi connectivity index (χ2v) is 4.86. The summed E-state index contributed by atoms with van der Waals surface area (Å²) in [6.45, 7) is 0. The van der Waals surface area contributed by atoms with Crippen molar-refractivity contribution in [3.63, 3.8) is 0 Å². The summed E-state index contributed by atoms with van der Waals surface area (Å²) in [7, 11) is 1.20. The minimum atomic E-state index is -0.745. The number of halogens is 1. The summed E-state index contributed by atoms with van der Waals surface area (Å²) in [5.74, 6) is -0.278. The Morgan fingerprint density at radius 2 is 2.10 bits per heavy atom. The fourth-order valence-corrected chi connectivity index (χ4v) is 2.03. The predicted molar refractivity (Wildman–Crippen MR) is 73.0 cm³/mol. The first-order valence-electron chi connectivity index (χ1n) is 6.53. The number of methoxy groups -OCH3 is 1. The molecule has 0 aromatic heterocycles. The number of rotatable bonds is 4. The molecule has 0 spiro atoms. The molecule has 0 heterocycles. The van der Waals surface area contributed by atoms with Crippen molar-refractivity contribution in [3.8, 4) is 0 Å². The molecule has 5 nitrogen and oxygen atoms in total. The van der Waals surface area contributed by atoms with Crippen LogP contribution in [0, 0.1) is 11.7 Å². The number of amides is 2. The summed E-state index contributed by atoms with van der Waals surface area (Å²) in [6.07, 6.45) is 3.09. The molecule has 1 aromatic rings. The monoisotopic (exact) mass is 280 g/mol. The highest BCUT2D eigenvalue weighted by Crippen LogP contribution is 2.29. The van der Waals surface area contributed by atoms with Crippen molar-refractivity contribution in [1.82, 2.24) is 0 Å². The molecule has 6 heteroatoms. The molecule has 1 aromatic carbocycles. The Labute approximate surface area is 116 Å². The van der Waals surface area contributed by atoms with Crippen LogP contribution in [0.3, 0.4) is 0 Å². The molecule has 0 aliphatic heterocycles. The van der Waals surface area contributed by atoms with Crippen molar-refractivity contribution < 1.29 is 18.7 Å². The van der Waals surface area contributed by atoms with Gasteiger partial charge in [-0.3, -0.25) is 10.1 Å². The van der Waals surface area contributed by atoms with Gasteiger partial charge in [-0.1, -0.05) is 6.42 Å². The number of anilines is 2. The van der Waals surface area contributed by atoms with Gasteiger partial charge in [0.25, 0.3) is 0 Å². The topological polar surface area (TPSA) is 67.4 Å². The third kappa shape index (κ3) is 3.69. The fourth-order valence-electron chi connectivity index (χ4n) is 2.03. The van der Waals surface area contributed by atoms with Crippen LogP contribution >= 0.6 is 0 Å². The van der Waals surface area contributed by atoms with E-state index in [1.165, 1.54) is 31.7 Å². The van der Waals surface area contributed by atoms with Crippen molar-refractivity contribution in [2.24, 2.45) is 5.92 Å². The van der Waals surface area contributed by atoms with Crippen LogP contribution in [-0.4, -0.2) is 19.1 Å². The molecule has 2 N–H and O–H groups in total. The van der Waals surface area contributed by atoms with E-state index < -0.39 is 11.9 Å². The Morgan fingerprint density at radius 3 is 2.65 bits per heavy atom. The molecule has 1 fully saturated rings. The van der Waals surface area contributed by atoms with E-state index in [-0.39, 0.29) is 11.6 Å². The van der Waals surface area contributed by atoms with E-state index in [1.807, 2.05) is 0 Å². The van der Waals surface area contributed by atoms with Crippen molar-refractivity contribution >= 4 is 23.4 Å². The number of benzene rings is 1.